The van der Waals surface area contributed by atoms with E-state index in [-0.39, 0.29) is 16.7 Å². The normalized spacial score (nSPS) is 12.4. The van der Waals surface area contributed by atoms with Gasteiger partial charge in [0.15, 0.2) is 0 Å². The Labute approximate surface area is 227 Å². The lowest BCUT2D eigenvalue weighted by Crippen LogP contribution is -2.23. The number of fused-ring (bicyclic) bond motifs is 1. The third-order valence-electron chi connectivity index (χ3n) is 6.42. The second-order valence-electron chi connectivity index (χ2n) is 9.67. The fourth-order valence-corrected chi connectivity index (χ4v) is 5.35. The van der Waals surface area contributed by atoms with Crippen LogP contribution in [0.5, 0.6) is 5.75 Å². The van der Waals surface area contributed by atoms with Crippen LogP contribution in [0, 0.1) is 0 Å². The summed E-state index contributed by atoms with van der Waals surface area (Å²) in [5, 5.41) is 27.4. The van der Waals surface area contributed by atoms with Crippen LogP contribution in [0.3, 0.4) is 0 Å². The van der Waals surface area contributed by atoms with Crippen molar-refractivity contribution < 1.29 is 14.9 Å². The molecule has 8 heteroatoms. The monoisotopic (exact) mass is 535 g/mol. The number of thiazole rings is 1. The van der Waals surface area contributed by atoms with Gasteiger partial charge in [-0.1, -0.05) is 65.9 Å². The maximum absolute atomic E-state index is 11.7. The van der Waals surface area contributed by atoms with Gasteiger partial charge >= 0.3 is 4.87 Å². The molecule has 0 radical (unpaired) electrons. The second kappa shape index (κ2) is 13.7. The van der Waals surface area contributed by atoms with Crippen molar-refractivity contribution >= 4 is 21.6 Å². The Morgan fingerprint density at radius 1 is 1.00 bits per heavy atom. The average molecular weight is 536 g/mol. The summed E-state index contributed by atoms with van der Waals surface area (Å²) in [5.74, 6) is 0.0109. The van der Waals surface area contributed by atoms with E-state index in [2.05, 4.69) is 78.0 Å². The molecule has 0 aliphatic carbocycles. The molecule has 0 saturated heterocycles. The number of hydrogen-bond acceptors (Lipinski definition) is 7. The van der Waals surface area contributed by atoms with Crippen LogP contribution in [0.2, 0.25) is 0 Å². The highest BCUT2D eigenvalue weighted by molar-refractivity contribution is 7.16. The first-order valence-corrected chi connectivity index (χ1v) is 14.0. The van der Waals surface area contributed by atoms with E-state index < -0.39 is 6.10 Å². The standard InChI is InChI=1S/C30H37N3O4S/c1-20(2)37-17-5-15-31-18-23-6-3-4-7-24(23)22-10-8-21(9-11-22)14-16-32-19-27(35)25-12-13-26(34)28-29(25)38-30(36)33-28/h3-4,6-13,20,27,31-32,34-35H,5,14-19H2,1-2H3,(H,33,36)/t27-/m0/s1. The highest BCUT2D eigenvalue weighted by atomic mass is 32.1. The number of aromatic amines is 1. The lowest BCUT2D eigenvalue weighted by atomic mass is 9.98. The molecule has 0 bridgehead atoms. The van der Waals surface area contributed by atoms with E-state index in [0.717, 1.165) is 43.9 Å². The Morgan fingerprint density at radius 2 is 1.79 bits per heavy atom. The summed E-state index contributed by atoms with van der Waals surface area (Å²) < 4.78 is 6.20. The molecule has 0 aliphatic heterocycles. The number of ether oxygens (including phenoxy) is 1. The van der Waals surface area contributed by atoms with Gasteiger partial charge in [0.1, 0.15) is 11.3 Å². The molecule has 0 unspecified atom stereocenters. The smallest absolute Gasteiger partial charge is 0.305 e. The minimum atomic E-state index is -0.778. The summed E-state index contributed by atoms with van der Waals surface area (Å²) in [5.41, 5.74) is 5.93. The maximum Gasteiger partial charge on any atom is 0.305 e. The lowest BCUT2D eigenvalue weighted by Gasteiger charge is -2.14. The number of aromatic nitrogens is 1. The molecule has 0 saturated carbocycles. The van der Waals surface area contributed by atoms with Gasteiger partial charge in [-0.3, -0.25) is 4.79 Å². The summed E-state index contributed by atoms with van der Waals surface area (Å²) >= 11 is 0.998. The Morgan fingerprint density at radius 3 is 2.58 bits per heavy atom. The van der Waals surface area contributed by atoms with Crippen molar-refractivity contribution in [2.75, 3.05) is 26.2 Å². The van der Waals surface area contributed by atoms with E-state index in [0.29, 0.717) is 28.9 Å². The average Bonchev–Trinajstić information content (AvgIpc) is 3.31. The molecule has 3 aromatic carbocycles. The van der Waals surface area contributed by atoms with E-state index in [1.807, 2.05) is 0 Å². The Bertz CT molecular complexity index is 1360. The van der Waals surface area contributed by atoms with Crippen LogP contribution in [-0.4, -0.2) is 47.5 Å². The number of aromatic hydroxyl groups is 1. The van der Waals surface area contributed by atoms with Crippen molar-refractivity contribution in [1.82, 2.24) is 15.6 Å². The van der Waals surface area contributed by atoms with Crippen molar-refractivity contribution in [3.05, 3.63) is 87.0 Å². The number of nitrogens with one attached hydrogen (secondary N) is 3. The molecule has 1 atom stereocenters. The number of rotatable bonds is 14. The van der Waals surface area contributed by atoms with Gasteiger partial charge in [0.2, 0.25) is 0 Å². The van der Waals surface area contributed by atoms with Crippen molar-refractivity contribution in [1.29, 1.82) is 0 Å². The number of phenolic OH excluding ortho intramolecular Hbond substituents is 1. The summed E-state index contributed by atoms with van der Waals surface area (Å²) in [7, 11) is 0. The molecule has 0 aliphatic rings. The largest absolute Gasteiger partial charge is 0.506 e. The highest BCUT2D eigenvalue weighted by Crippen LogP contribution is 2.31. The molecule has 5 N–H and O–H groups in total. The van der Waals surface area contributed by atoms with Crippen molar-refractivity contribution in [3.63, 3.8) is 0 Å². The number of aliphatic hydroxyl groups is 1. The molecule has 38 heavy (non-hydrogen) atoms. The van der Waals surface area contributed by atoms with Gasteiger partial charge in [-0.2, -0.15) is 0 Å². The summed E-state index contributed by atoms with van der Waals surface area (Å²) in [4.78, 5) is 14.1. The van der Waals surface area contributed by atoms with Crippen LogP contribution in [0.25, 0.3) is 21.3 Å². The third-order valence-corrected chi connectivity index (χ3v) is 7.35. The summed E-state index contributed by atoms with van der Waals surface area (Å²) in [6.07, 6.45) is 1.32. The highest BCUT2D eigenvalue weighted by Gasteiger charge is 2.16. The zero-order valence-corrected chi connectivity index (χ0v) is 22.8. The molecular weight excluding hydrogens is 498 g/mol. The number of hydrogen-bond donors (Lipinski definition) is 5. The number of aliphatic hydroxyl groups excluding tert-OH is 1. The number of H-pyrrole nitrogens is 1. The summed E-state index contributed by atoms with van der Waals surface area (Å²) in [6.45, 7) is 7.70. The van der Waals surface area contributed by atoms with Gasteiger partial charge in [0.05, 0.1) is 16.9 Å². The Kier molecular flexibility index (Phi) is 10.1. The minimum absolute atomic E-state index is 0.0109. The predicted molar refractivity (Wildman–Crippen MR) is 155 cm³/mol. The van der Waals surface area contributed by atoms with Crippen molar-refractivity contribution in [2.45, 2.75) is 45.4 Å². The molecule has 4 rings (SSSR count). The first-order valence-electron chi connectivity index (χ1n) is 13.2. The quantitative estimate of drug-likeness (QED) is 0.150. The molecule has 4 aromatic rings. The summed E-state index contributed by atoms with van der Waals surface area (Å²) in [6, 6.07) is 20.3. The fourth-order valence-electron chi connectivity index (χ4n) is 4.43. The van der Waals surface area contributed by atoms with E-state index in [9.17, 15) is 15.0 Å². The zero-order chi connectivity index (χ0) is 26.9. The van der Waals surface area contributed by atoms with E-state index in [4.69, 9.17) is 4.74 Å². The van der Waals surface area contributed by atoms with Gasteiger partial charge in [-0.15, -0.1) is 0 Å². The predicted octanol–water partition coefficient (Wildman–Crippen LogP) is 4.73. The Hall–Kier alpha value is -3.01. The molecule has 1 aromatic heterocycles. The molecular formula is C30H37N3O4S. The second-order valence-corrected chi connectivity index (χ2v) is 10.6. The van der Waals surface area contributed by atoms with Crippen LogP contribution in [-0.2, 0) is 17.7 Å². The van der Waals surface area contributed by atoms with Crippen LogP contribution >= 0.6 is 11.3 Å². The van der Waals surface area contributed by atoms with E-state index >= 15 is 0 Å². The van der Waals surface area contributed by atoms with Crippen LogP contribution in [0.4, 0.5) is 0 Å². The maximum atomic E-state index is 11.7. The first-order chi connectivity index (χ1) is 18.4. The SMILES string of the molecule is CC(C)OCCCNCc1ccccc1-c1ccc(CCNC[C@H](O)c2ccc(O)c3[nH]c(=O)sc23)cc1. The number of phenols is 1. The Balaban J connectivity index is 1.26. The lowest BCUT2D eigenvalue weighted by molar-refractivity contribution is 0.0770. The van der Waals surface area contributed by atoms with Gasteiger partial charge in [0, 0.05) is 25.3 Å². The van der Waals surface area contributed by atoms with Crippen LogP contribution < -0.4 is 15.5 Å². The van der Waals surface area contributed by atoms with Crippen LogP contribution in [0.1, 0.15) is 43.1 Å². The van der Waals surface area contributed by atoms with Gasteiger partial charge in [-0.25, -0.2) is 0 Å². The molecule has 7 nitrogen and oxygen atoms in total. The van der Waals surface area contributed by atoms with Crippen LogP contribution in [0.15, 0.2) is 65.5 Å². The molecule has 0 spiro atoms. The number of benzene rings is 3. The minimum Gasteiger partial charge on any atom is -0.506 e. The topological polar surface area (TPSA) is 107 Å². The van der Waals surface area contributed by atoms with Gasteiger partial charge < -0.3 is 30.6 Å². The van der Waals surface area contributed by atoms with Crippen molar-refractivity contribution in [2.24, 2.45) is 0 Å². The third kappa shape index (κ3) is 7.52. The molecule has 0 amide bonds. The van der Waals surface area contributed by atoms with Gasteiger partial charge in [-0.05, 0) is 68.1 Å². The molecule has 1 heterocycles. The van der Waals surface area contributed by atoms with Gasteiger partial charge in [0.25, 0.3) is 0 Å². The zero-order valence-electron chi connectivity index (χ0n) is 22.0. The van der Waals surface area contributed by atoms with Crippen molar-refractivity contribution in [3.8, 4) is 16.9 Å². The fraction of sp³-hybridized carbons (Fsp3) is 0.367. The molecule has 202 valence electrons. The molecule has 0 fully saturated rings. The van der Waals surface area contributed by atoms with E-state index in [1.54, 1.807) is 6.07 Å². The van der Waals surface area contributed by atoms with E-state index in [1.165, 1.54) is 28.3 Å². The first kappa shape index (κ1) is 28.0.